The fraction of sp³-hybridized carbons (Fsp3) is 0.667. The van der Waals surface area contributed by atoms with E-state index in [0.29, 0.717) is 42.9 Å². The first-order valence-corrected chi connectivity index (χ1v) is 15.6. The number of carboxylic acid groups (broad SMARTS) is 1. The maximum absolute atomic E-state index is 13.9. The topological polar surface area (TPSA) is 145 Å². The summed E-state index contributed by atoms with van der Waals surface area (Å²) in [6, 6.07) is 0. The van der Waals surface area contributed by atoms with E-state index in [1.165, 1.54) is 0 Å². The van der Waals surface area contributed by atoms with E-state index in [9.17, 15) is 23.5 Å². The van der Waals surface area contributed by atoms with E-state index >= 15 is 0 Å². The monoisotopic (exact) mass is 648 g/mol. The first-order valence-electron chi connectivity index (χ1n) is 14.9. The van der Waals surface area contributed by atoms with Crippen LogP contribution in [0.25, 0.3) is 0 Å². The SMILES string of the molecule is CCOC(=O)[C@H]1C2CCC(CC2)C1Cc1nc(Cl)ncc1F.O=C(O)[C@H]1C2CCC(CC2)C1Cc1nc(Cl)ncc1F.[Li+].[OH-]. The van der Waals surface area contributed by atoms with Crippen LogP contribution in [0.5, 0.6) is 0 Å². The molecule has 0 amide bonds. The van der Waals surface area contributed by atoms with Crippen molar-refractivity contribution in [2.45, 2.75) is 71.1 Å². The molecule has 2 aromatic heterocycles. The third-order valence-electron chi connectivity index (χ3n) is 10.1. The van der Waals surface area contributed by atoms with Gasteiger partial charge >= 0.3 is 30.8 Å². The second kappa shape index (κ2) is 16.1. The van der Waals surface area contributed by atoms with Crippen LogP contribution in [-0.2, 0) is 27.2 Å². The van der Waals surface area contributed by atoms with Crippen LogP contribution < -0.4 is 18.9 Å². The number of ether oxygens (including phenoxy) is 1. The Bertz CT molecular complexity index is 1300. The Morgan fingerprint density at radius 2 is 1.18 bits per heavy atom. The van der Waals surface area contributed by atoms with Gasteiger partial charge < -0.3 is 15.3 Å². The third-order valence-corrected chi connectivity index (χ3v) is 10.4. The summed E-state index contributed by atoms with van der Waals surface area (Å²) in [4.78, 5) is 39.1. The third kappa shape index (κ3) is 8.08. The summed E-state index contributed by atoms with van der Waals surface area (Å²) in [5.74, 6) is -0.941. The molecule has 4 atom stereocenters. The van der Waals surface area contributed by atoms with Crippen LogP contribution in [-0.4, -0.2) is 49.1 Å². The van der Waals surface area contributed by atoms with Crippen molar-refractivity contribution in [1.82, 2.24) is 19.9 Å². The van der Waals surface area contributed by atoms with E-state index in [0.717, 1.165) is 63.8 Å². The molecule has 0 aromatic carbocycles. The van der Waals surface area contributed by atoms with E-state index < -0.39 is 17.6 Å². The van der Waals surface area contributed by atoms with Gasteiger partial charge in [0.2, 0.25) is 10.6 Å². The molecule has 0 saturated heterocycles. The van der Waals surface area contributed by atoms with Gasteiger partial charge in [0.05, 0.1) is 42.2 Å². The van der Waals surface area contributed by atoms with Gasteiger partial charge in [0.15, 0.2) is 11.6 Å². The molecule has 6 aliphatic rings. The molecule has 2 unspecified atom stereocenters. The maximum Gasteiger partial charge on any atom is 1.00 e. The normalized spacial score (nSPS) is 29.8. The van der Waals surface area contributed by atoms with Gasteiger partial charge in [-0.05, 0) is 130 Å². The van der Waals surface area contributed by atoms with Gasteiger partial charge in [-0.1, -0.05) is 0 Å². The van der Waals surface area contributed by atoms with Crippen LogP contribution in [0.1, 0.15) is 69.7 Å². The quantitative estimate of drug-likeness (QED) is 0.272. The number of aromatic nitrogens is 4. The van der Waals surface area contributed by atoms with Crippen LogP contribution >= 0.6 is 23.2 Å². The number of carbonyl (C=O) groups is 2. The average molecular weight is 649 g/mol. The molecule has 2 aromatic rings. The van der Waals surface area contributed by atoms with E-state index in [1.54, 1.807) is 0 Å². The number of hydrogen-bond donors (Lipinski definition) is 1. The van der Waals surface area contributed by atoms with Crippen molar-refractivity contribution < 1.29 is 52.6 Å². The molecular weight excluding hydrogens is 612 g/mol. The fourth-order valence-corrected chi connectivity index (χ4v) is 8.52. The van der Waals surface area contributed by atoms with E-state index in [-0.39, 0.29) is 76.2 Å². The minimum absolute atomic E-state index is 0. The Kier molecular flexibility index (Phi) is 13.4. The van der Waals surface area contributed by atoms with Gasteiger partial charge in [-0.25, -0.2) is 28.7 Å². The second-order valence-electron chi connectivity index (χ2n) is 12.1. The maximum atomic E-state index is 13.9. The van der Waals surface area contributed by atoms with Gasteiger partial charge in [-0.2, -0.15) is 0 Å². The zero-order chi connectivity index (χ0) is 30.0. The average Bonchev–Trinajstić information content (AvgIpc) is 2.98. The second-order valence-corrected chi connectivity index (χ2v) is 12.8. The summed E-state index contributed by atoms with van der Waals surface area (Å²) < 4.78 is 33.0. The zero-order valence-electron chi connectivity index (χ0n) is 25.0. The predicted octanol–water partition coefficient (Wildman–Crippen LogP) is 3.20. The summed E-state index contributed by atoms with van der Waals surface area (Å²) in [7, 11) is 0. The smallest absolute Gasteiger partial charge is 0.870 e. The largest absolute Gasteiger partial charge is 1.00 e. The van der Waals surface area contributed by atoms with Crippen molar-refractivity contribution >= 4 is 35.1 Å². The summed E-state index contributed by atoms with van der Waals surface area (Å²) >= 11 is 11.5. The Hall–Kier alpha value is -1.90. The Balaban J connectivity index is 0.000000231. The number of aliphatic carboxylic acids is 1. The summed E-state index contributed by atoms with van der Waals surface area (Å²) in [5, 5.41) is 9.53. The van der Waals surface area contributed by atoms with Crippen molar-refractivity contribution in [3.05, 3.63) is 46.0 Å². The van der Waals surface area contributed by atoms with Gasteiger partial charge in [0, 0.05) is 0 Å². The summed E-state index contributed by atoms with van der Waals surface area (Å²) in [6.45, 7) is 2.20. The molecule has 9 nitrogen and oxygen atoms in total. The van der Waals surface area contributed by atoms with E-state index in [4.69, 9.17) is 27.9 Å². The van der Waals surface area contributed by atoms with Crippen LogP contribution in [0.4, 0.5) is 8.78 Å². The van der Waals surface area contributed by atoms with Crippen LogP contribution in [0.2, 0.25) is 10.6 Å². The number of halogens is 4. The van der Waals surface area contributed by atoms with Crippen molar-refractivity contribution in [1.29, 1.82) is 0 Å². The van der Waals surface area contributed by atoms with Crippen molar-refractivity contribution in [3.63, 3.8) is 0 Å². The Morgan fingerprint density at radius 1 is 0.795 bits per heavy atom. The molecule has 14 heteroatoms. The van der Waals surface area contributed by atoms with Crippen LogP contribution in [0, 0.1) is 59.0 Å². The van der Waals surface area contributed by atoms with Crippen molar-refractivity contribution in [2.75, 3.05) is 6.61 Å². The van der Waals surface area contributed by atoms with Gasteiger partial charge in [0.1, 0.15) is 0 Å². The number of carboxylic acids is 1. The Morgan fingerprint density at radius 3 is 1.59 bits per heavy atom. The number of nitrogens with zero attached hydrogens (tertiary/aromatic N) is 4. The molecule has 4 bridgehead atoms. The summed E-state index contributed by atoms with van der Waals surface area (Å²) in [5.41, 5.74) is 0.556. The van der Waals surface area contributed by atoms with Crippen molar-refractivity contribution in [3.8, 4) is 0 Å². The molecule has 2 N–H and O–H groups in total. The molecule has 0 aliphatic heterocycles. The number of carbonyl (C=O) groups excluding carboxylic acids is 1. The molecular formula is C30H37Cl2F2LiN4O5. The fourth-order valence-electron chi connectivity index (χ4n) is 8.22. The molecule has 8 rings (SSSR count). The van der Waals surface area contributed by atoms with E-state index in [1.807, 2.05) is 6.92 Å². The zero-order valence-corrected chi connectivity index (χ0v) is 26.5. The standard InChI is InChI=1S/C16H20ClFN2O2.C14H16ClFN2O2.Li.H2O/c1-2-22-15(21)14-10-5-3-9(4-6-10)11(14)7-13-12(18)8-19-16(17)20-13;15-14-17-6-10(16)11(18-14)5-9-7-1-3-8(4-2-7)12(9)13(19)20;;/h8-11,14H,2-7H2,1H3;6-9,12H,1-5H2,(H,19,20);;1H2/q;;+1;/p-1/t9?,10?,11?,14-;7?,8?,9?,12-;;/m00../s1. The first kappa shape index (κ1) is 36.6. The number of fused-ring (bicyclic) bond motifs is 6. The number of rotatable bonds is 7. The van der Waals surface area contributed by atoms with Crippen LogP contribution in [0.3, 0.4) is 0 Å². The summed E-state index contributed by atoms with van der Waals surface area (Å²) in [6.07, 6.45) is 11.3. The molecule has 6 fully saturated rings. The van der Waals surface area contributed by atoms with Gasteiger partial charge in [0.25, 0.3) is 0 Å². The molecule has 44 heavy (non-hydrogen) atoms. The number of esters is 1. The molecule has 6 aliphatic carbocycles. The molecule has 236 valence electrons. The first-order chi connectivity index (χ1) is 20.2. The minimum atomic E-state index is -0.759. The van der Waals surface area contributed by atoms with Crippen LogP contribution in [0.15, 0.2) is 12.4 Å². The minimum Gasteiger partial charge on any atom is -0.870 e. The van der Waals surface area contributed by atoms with Crippen molar-refractivity contribution in [2.24, 2.45) is 47.3 Å². The molecule has 0 radical (unpaired) electrons. The molecule has 2 heterocycles. The van der Waals surface area contributed by atoms with Gasteiger partial charge in [-0.15, -0.1) is 0 Å². The Labute approximate surface area is 277 Å². The van der Waals surface area contributed by atoms with Gasteiger partial charge in [-0.3, -0.25) is 9.59 Å². The van der Waals surface area contributed by atoms with E-state index in [2.05, 4.69) is 19.9 Å². The predicted molar refractivity (Wildman–Crippen MR) is 152 cm³/mol. The number of hydrogen-bond acceptors (Lipinski definition) is 8. The molecule has 0 spiro atoms. The molecule has 6 saturated carbocycles.